The van der Waals surface area contributed by atoms with Crippen molar-refractivity contribution in [2.45, 2.75) is 12.8 Å². The summed E-state index contributed by atoms with van der Waals surface area (Å²) >= 11 is 2.54. The largest absolute Gasteiger partial charge is 0.303 e. The van der Waals surface area contributed by atoms with Crippen LogP contribution in [0.5, 0.6) is 0 Å². The quantitative estimate of drug-likeness (QED) is 0.463. The van der Waals surface area contributed by atoms with Gasteiger partial charge in [-0.15, -0.1) is 22.7 Å². The van der Waals surface area contributed by atoms with Gasteiger partial charge in [0.2, 0.25) is 11.6 Å². The Labute approximate surface area is 112 Å². The fourth-order valence-electron chi connectivity index (χ4n) is 1.47. The van der Waals surface area contributed by atoms with Crippen LogP contribution in [0.2, 0.25) is 0 Å². The second-order valence-electron chi connectivity index (χ2n) is 3.61. The molecule has 0 saturated heterocycles. The summed E-state index contributed by atoms with van der Waals surface area (Å²) in [6.45, 7) is 0. The van der Waals surface area contributed by atoms with Crippen LogP contribution in [0.1, 0.15) is 30.6 Å². The van der Waals surface area contributed by atoms with Crippen LogP contribution in [-0.2, 0) is 11.2 Å². The fourth-order valence-corrected chi connectivity index (χ4v) is 3.09. The van der Waals surface area contributed by atoms with Gasteiger partial charge >= 0.3 is 0 Å². The Morgan fingerprint density at radius 1 is 1.11 bits per heavy atom. The van der Waals surface area contributed by atoms with Crippen LogP contribution in [-0.4, -0.2) is 17.9 Å². The summed E-state index contributed by atoms with van der Waals surface area (Å²) in [5, 5.41) is 1.77. The molecule has 2 aromatic heterocycles. The van der Waals surface area contributed by atoms with Gasteiger partial charge in [0.1, 0.15) is 6.29 Å². The number of carbonyl (C=O) groups is 3. The number of ketones is 2. The van der Waals surface area contributed by atoms with Crippen molar-refractivity contribution in [3.05, 3.63) is 44.3 Å². The van der Waals surface area contributed by atoms with E-state index >= 15 is 0 Å². The number of aldehydes is 1. The standard InChI is InChI=1S/C13H10O3S2/c14-7-1-3-9-5-6-11(18-9)13(16)12(15)10-4-2-8-17-10/h2,4-8H,1,3H2. The number of hydrogen-bond donors (Lipinski definition) is 0. The van der Waals surface area contributed by atoms with Crippen LogP contribution in [0, 0.1) is 0 Å². The molecule has 2 rings (SSSR count). The van der Waals surface area contributed by atoms with Gasteiger partial charge in [0.05, 0.1) is 9.75 Å². The Bertz CT molecular complexity index is 567. The maximum absolute atomic E-state index is 11.9. The van der Waals surface area contributed by atoms with E-state index in [1.54, 1.807) is 29.6 Å². The molecule has 0 bridgehead atoms. The van der Waals surface area contributed by atoms with Crippen molar-refractivity contribution >= 4 is 40.5 Å². The smallest absolute Gasteiger partial charge is 0.244 e. The van der Waals surface area contributed by atoms with Crippen molar-refractivity contribution < 1.29 is 14.4 Å². The van der Waals surface area contributed by atoms with E-state index in [2.05, 4.69) is 0 Å². The van der Waals surface area contributed by atoms with Crippen LogP contribution in [0.3, 0.4) is 0 Å². The summed E-state index contributed by atoms with van der Waals surface area (Å²) in [7, 11) is 0. The second-order valence-corrected chi connectivity index (χ2v) is 5.72. The van der Waals surface area contributed by atoms with Gasteiger partial charge < -0.3 is 4.79 Å². The summed E-state index contributed by atoms with van der Waals surface area (Å²) in [6, 6.07) is 6.84. The summed E-state index contributed by atoms with van der Waals surface area (Å²) < 4.78 is 0. The number of aryl methyl sites for hydroxylation is 1. The first-order valence-corrected chi connectivity index (χ1v) is 7.07. The Balaban J connectivity index is 2.11. The van der Waals surface area contributed by atoms with Crippen molar-refractivity contribution in [2.75, 3.05) is 0 Å². The lowest BCUT2D eigenvalue weighted by molar-refractivity contribution is -0.107. The summed E-state index contributed by atoms with van der Waals surface area (Å²) in [5.74, 6) is -0.936. The molecule has 0 amide bonds. The first-order valence-electron chi connectivity index (χ1n) is 5.37. The van der Waals surface area contributed by atoms with Crippen LogP contribution in [0.25, 0.3) is 0 Å². The van der Waals surface area contributed by atoms with Crippen molar-refractivity contribution in [1.29, 1.82) is 0 Å². The second kappa shape index (κ2) is 5.84. The lowest BCUT2D eigenvalue weighted by Gasteiger charge is -1.94. The lowest BCUT2D eigenvalue weighted by Crippen LogP contribution is -2.11. The van der Waals surface area contributed by atoms with E-state index in [0.717, 1.165) is 11.2 Å². The maximum atomic E-state index is 11.9. The minimum atomic E-state index is -0.472. The van der Waals surface area contributed by atoms with Crippen LogP contribution < -0.4 is 0 Å². The van der Waals surface area contributed by atoms with E-state index in [1.807, 2.05) is 0 Å². The molecular weight excluding hydrogens is 268 g/mol. The number of rotatable bonds is 6. The molecule has 0 aliphatic carbocycles. The zero-order valence-electron chi connectivity index (χ0n) is 9.42. The van der Waals surface area contributed by atoms with Crippen molar-refractivity contribution in [1.82, 2.24) is 0 Å². The van der Waals surface area contributed by atoms with Crippen LogP contribution >= 0.6 is 22.7 Å². The minimum Gasteiger partial charge on any atom is -0.303 e. The monoisotopic (exact) mass is 278 g/mol. The van der Waals surface area contributed by atoms with E-state index in [0.29, 0.717) is 22.6 Å². The Hall–Kier alpha value is -1.59. The third-order valence-electron chi connectivity index (χ3n) is 2.35. The number of Topliss-reactive ketones (excluding diaryl/α,β-unsaturated/α-hetero) is 2. The molecule has 0 aliphatic rings. The molecule has 0 aliphatic heterocycles. The molecule has 2 heterocycles. The molecule has 92 valence electrons. The van der Waals surface area contributed by atoms with Gasteiger partial charge in [-0.1, -0.05) is 6.07 Å². The van der Waals surface area contributed by atoms with Crippen LogP contribution in [0.4, 0.5) is 0 Å². The average molecular weight is 278 g/mol. The van der Waals surface area contributed by atoms with Gasteiger partial charge in [-0.25, -0.2) is 0 Å². The molecule has 18 heavy (non-hydrogen) atoms. The van der Waals surface area contributed by atoms with Gasteiger partial charge in [0, 0.05) is 11.3 Å². The topological polar surface area (TPSA) is 51.2 Å². The van der Waals surface area contributed by atoms with Crippen molar-refractivity contribution in [2.24, 2.45) is 0 Å². The van der Waals surface area contributed by atoms with Gasteiger partial charge in [0.15, 0.2) is 0 Å². The average Bonchev–Trinajstić information content (AvgIpc) is 3.05. The van der Waals surface area contributed by atoms with E-state index in [4.69, 9.17) is 0 Å². The molecule has 0 aromatic carbocycles. The highest BCUT2D eigenvalue weighted by atomic mass is 32.1. The highest BCUT2D eigenvalue weighted by Gasteiger charge is 2.20. The SMILES string of the molecule is O=CCCc1ccc(C(=O)C(=O)c2cccs2)s1. The Morgan fingerprint density at radius 3 is 2.56 bits per heavy atom. The molecule has 0 saturated carbocycles. The Morgan fingerprint density at radius 2 is 1.89 bits per heavy atom. The summed E-state index contributed by atoms with van der Waals surface area (Å²) in [6.07, 6.45) is 1.90. The van der Waals surface area contributed by atoms with Crippen molar-refractivity contribution in [3.63, 3.8) is 0 Å². The minimum absolute atomic E-state index is 0.438. The molecular formula is C13H10O3S2. The molecule has 3 nitrogen and oxygen atoms in total. The normalized spacial score (nSPS) is 10.2. The highest BCUT2D eigenvalue weighted by Crippen LogP contribution is 2.21. The highest BCUT2D eigenvalue weighted by molar-refractivity contribution is 7.16. The number of thiophene rings is 2. The molecule has 5 heteroatoms. The number of hydrogen-bond acceptors (Lipinski definition) is 5. The first-order chi connectivity index (χ1) is 8.72. The number of carbonyl (C=O) groups excluding carboxylic acids is 3. The fraction of sp³-hybridized carbons (Fsp3) is 0.154. The zero-order valence-corrected chi connectivity index (χ0v) is 11.1. The predicted molar refractivity (Wildman–Crippen MR) is 71.7 cm³/mol. The maximum Gasteiger partial charge on any atom is 0.244 e. The molecule has 0 spiro atoms. The molecule has 0 atom stereocenters. The van der Waals surface area contributed by atoms with Gasteiger partial charge in [-0.2, -0.15) is 0 Å². The first kappa shape index (κ1) is 12.9. The third kappa shape index (κ3) is 2.80. The van der Waals surface area contributed by atoms with Crippen molar-refractivity contribution in [3.8, 4) is 0 Å². The molecule has 0 unspecified atom stereocenters. The summed E-state index contributed by atoms with van der Waals surface area (Å²) in [5.41, 5.74) is 0. The van der Waals surface area contributed by atoms with E-state index in [-0.39, 0.29) is 0 Å². The molecule has 0 N–H and O–H groups in total. The summed E-state index contributed by atoms with van der Waals surface area (Å²) in [4.78, 5) is 35.9. The van der Waals surface area contributed by atoms with Gasteiger partial charge in [-0.3, -0.25) is 9.59 Å². The van der Waals surface area contributed by atoms with Crippen LogP contribution in [0.15, 0.2) is 29.6 Å². The van der Waals surface area contributed by atoms with Gasteiger partial charge in [-0.05, 0) is 30.0 Å². The molecule has 0 fully saturated rings. The van der Waals surface area contributed by atoms with Gasteiger partial charge in [0.25, 0.3) is 0 Å². The molecule has 0 radical (unpaired) electrons. The lowest BCUT2D eigenvalue weighted by atomic mass is 10.2. The van der Waals surface area contributed by atoms with E-state index < -0.39 is 11.6 Å². The third-order valence-corrected chi connectivity index (χ3v) is 4.36. The predicted octanol–water partition coefficient (Wildman–Crippen LogP) is 3.01. The Kier molecular flexibility index (Phi) is 4.17. The van der Waals surface area contributed by atoms with E-state index in [1.165, 1.54) is 22.7 Å². The molecule has 2 aromatic rings. The zero-order chi connectivity index (χ0) is 13.0. The van der Waals surface area contributed by atoms with E-state index in [9.17, 15) is 14.4 Å².